The van der Waals surface area contributed by atoms with Crippen molar-refractivity contribution in [3.63, 3.8) is 0 Å². The van der Waals surface area contributed by atoms with Gasteiger partial charge in [0.2, 0.25) is 5.91 Å². The van der Waals surface area contributed by atoms with Gasteiger partial charge in [-0.15, -0.1) is 11.6 Å². The Morgan fingerprint density at radius 2 is 2.00 bits per heavy atom. The Hall–Kier alpha value is -0.240. The minimum atomic E-state index is 0.126. The third-order valence-electron chi connectivity index (χ3n) is 3.27. The van der Waals surface area contributed by atoms with Crippen molar-refractivity contribution in [3.8, 4) is 0 Å². The quantitative estimate of drug-likeness (QED) is 0.725. The molecule has 0 aliphatic heterocycles. The Morgan fingerprint density at radius 1 is 1.40 bits per heavy atom. The van der Waals surface area contributed by atoms with Crippen LogP contribution in [0.25, 0.3) is 0 Å². The first-order chi connectivity index (χ1) is 7.13. The number of halogens is 1. The smallest absolute Gasteiger partial charge is 0.220 e. The third-order valence-corrected chi connectivity index (χ3v) is 3.60. The molecule has 1 aliphatic carbocycles. The summed E-state index contributed by atoms with van der Waals surface area (Å²) >= 11 is 5.81. The molecule has 0 saturated heterocycles. The summed E-state index contributed by atoms with van der Waals surface area (Å²) in [7, 11) is 0. The van der Waals surface area contributed by atoms with Crippen LogP contribution < -0.4 is 5.32 Å². The average Bonchev–Trinajstić information content (AvgIpc) is 2.66. The number of carbonyl (C=O) groups is 1. The van der Waals surface area contributed by atoms with Crippen molar-refractivity contribution in [3.05, 3.63) is 0 Å². The first-order valence-electron chi connectivity index (χ1n) is 5.98. The Labute approximate surface area is 97.8 Å². The van der Waals surface area contributed by atoms with E-state index in [-0.39, 0.29) is 11.9 Å². The first kappa shape index (κ1) is 12.8. The summed E-state index contributed by atoms with van der Waals surface area (Å²) in [5, 5.41) is 3.02. The second-order valence-corrected chi connectivity index (χ2v) is 5.24. The standard InChI is InChI=1S/C12H22ClNO/c1-9(2)11(8-13)14-12(15)7-10-5-3-4-6-10/h9-11H,3-8H2,1-2H3,(H,14,15). The lowest BCUT2D eigenvalue weighted by molar-refractivity contribution is -0.122. The van der Waals surface area contributed by atoms with Gasteiger partial charge in [-0.05, 0) is 24.7 Å². The molecule has 0 aromatic heterocycles. The minimum absolute atomic E-state index is 0.126. The number of rotatable bonds is 5. The third kappa shape index (κ3) is 4.42. The van der Waals surface area contributed by atoms with Crippen LogP contribution in [0.5, 0.6) is 0 Å². The second kappa shape index (κ2) is 6.37. The molecule has 15 heavy (non-hydrogen) atoms. The molecule has 1 saturated carbocycles. The van der Waals surface area contributed by atoms with E-state index in [1.165, 1.54) is 25.7 Å². The van der Waals surface area contributed by atoms with E-state index in [1.54, 1.807) is 0 Å². The lowest BCUT2D eigenvalue weighted by atomic mass is 10.0. The van der Waals surface area contributed by atoms with Gasteiger partial charge >= 0.3 is 0 Å². The largest absolute Gasteiger partial charge is 0.352 e. The number of carbonyl (C=O) groups excluding carboxylic acids is 1. The fourth-order valence-corrected chi connectivity index (χ4v) is 2.56. The maximum absolute atomic E-state index is 11.7. The highest BCUT2D eigenvalue weighted by Crippen LogP contribution is 2.27. The molecule has 0 heterocycles. The molecule has 88 valence electrons. The lowest BCUT2D eigenvalue weighted by Gasteiger charge is -2.20. The van der Waals surface area contributed by atoms with Gasteiger partial charge in [-0.2, -0.15) is 0 Å². The van der Waals surface area contributed by atoms with Crippen LogP contribution in [0.15, 0.2) is 0 Å². The first-order valence-corrected chi connectivity index (χ1v) is 6.52. The van der Waals surface area contributed by atoms with Crippen LogP contribution in [-0.2, 0) is 4.79 Å². The molecule has 1 N–H and O–H groups in total. The van der Waals surface area contributed by atoms with E-state index in [0.29, 0.717) is 24.1 Å². The molecular weight excluding hydrogens is 210 g/mol. The van der Waals surface area contributed by atoms with Crippen molar-refractivity contribution in [2.45, 2.75) is 52.0 Å². The molecule has 3 heteroatoms. The van der Waals surface area contributed by atoms with Crippen molar-refractivity contribution in [1.29, 1.82) is 0 Å². The number of alkyl halides is 1. The molecule has 2 nitrogen and oxygen atoms in total. The number of hydrogen-bond donors (Lipinski definition) is 1. The lowest BCUT2D eigenvalue weighted by Crippen LogP contribution is -2.40. The number of nitrogens with one attached hydrogen (secondary N) is 1. The zero-order valence-corrected chi connectivity index (χ0v) is 10.5. The van der Waals surface area contributed by atoms with Crippen LogP contribution in [-0.4, -0.2) is 17.8 Å². The predicted octanol–water partition coefficient (Wildman–Crippen LogP) is 2.95. The van der Waals surface area contributed by atoms with Crippen LogP contribution in [0.1, 0.15) is 46.0 Å². The average molecular weight is 232 g/mol. The summed E-state index contributed by atoms with van der Waals surface area (Å²) in [4.78, 5) is 11.7. The summed E-state index contributed by atoms with van der Waals surface area (Å²) in [6, 6.07) is 0.126. The van der Waals surface area contributed by atoms with Crippen LogP contribution in [0.2, 0.25) is 0 Å². The maximum atomic E-state index is 11.7. The fraction of sp³-hybridized carbons (Fsp3) is 0.917. The van der Waals surface area contributed by atoms with Gasteiger partial charge in [0.15, 0.2) is 0 Å². The van der Waals surface area contributed by atoms with Gasteiger partial charge in [-0.1, -0.05) is 26.7 Å². The minimum Gasteiger partial charge on any atom is -0.352 e. The number of hydrogen-bond acceptors (Lipinski definition) is 1. The molecule has 1 rings (SSSR count). The zero-order chi connectivity index (χ0) is 11.3. The fourth-order valence-electron chi connectivity index (χ4n) is 2.13. The van der Waals surface area contributed by atoms with Crippen molar-refractivity contribution >= 4 is 17.5 Å². The topological polar surface area (TPSA) is 29.1 Å². The number of amides is 1. The molecule has 1 aliphatic rings. The summed E-state index contributed by atoms with van der Waals surface area (Å²) in [5.41, 5.74) is 0. The van der Waals surface area contributed by atoms with Gasteiger partial charge < -0.3 is 5.32 Å². The van der Waals surface area contributed by atoms with E-state index in [2.05, 4.69) is 19.2 Å². The van der Waals surface area contributed by atoms with E-state index in [4.69, 9.17) is 11.6 Å². The van der Waals surface area contributed by atoms with Crippen LogP contribution in [0, 0.1) is 11.8 Å². The van der Waals surface area contributed by atoms with Crippen molar-refractivity contribution < 1.29 is 4.79 Å². The van der Waals surface area contributed by atoms with Gasteiger partial charge in [0.25, 0.3) is 0 Å². The van der Waals surface area contributed by atoms with Gasteiger partial charge in [0, 0.05) is 18.3 Å². The molecule has 1 atom stereocenters. The summed E-state index contributed by atoms with van der Waals surface area (Å²) in [5.74, 6) is 1.72. The van der Waals surface area contributed by atoms with Gasteiger partial charge in [-0.25, -0.2) is 0 Å². The summed E-state index contributed by atoms with van der Waals surface area (Å²) < 4.78 is 0. The summed E-state index contributed by atoms with van der Waals surface area (Å²) in [6.07, 6.45) is 5.73. The maximum Gasteiger partial charge on any atom is 0.220 e. The van der Waals surface area contributed by atoms with Crippen molar-refractivity contribution in [2.75, 3.05) is 5.88 Å². The molecule has 1 unspecified atom stereocenters. The van der Waals surface area contributed by atoms with Gasteiger partial charge in [-0.3, -0.25) is 4.79 Å². The molecule has 0 spiro atoms. The zero-order valence-electron chi connectivity index (χ0n) is 9.76. The normalized spacial score (nSPS) is 19.5. The van der Waals surface area contributed by atoms with E-state index >= 15 is 0 Å². The Balaban J connectivity index is 2.27. The Morgan fingerprint density at radius 3 is 2.47 bits per heavy atom. The molecule has 0 radical (unpaired) electrons. The highest BCUT2D eigenvalue weighted by molar-refractivity contribution is 6.18. The van der Waals surface area contributed by atoms with Gasteiger partial charge in [0.1, 0.15) is 0 Å². The van der Waals surface area contributed by atoms with Crippen LogP contribution in [0.3, 0.4) is 0 Å². The van der Waals surface area contributed by atoms with E-state index in [0.717, 1.165) is 0 Å². The SMILES string of the molecule is CC(C)C(CCl)NC(=O)CC1CCCC1. The highest BCUT2D eigenvalue weighted by atomic mass is 35.5. The highest BCUT2D eigenvalue weighted by Gasteiger charge is 2.20. The summed E-state index contributed by atoms with van der Waals surface area (Å²) in [6.45, 7) is 4.17. The van der Waals surface area contributed by atoms with E-state index in [1.807, 2.05) is 0 Å². The van der Waals surface area contributed by atoms with Crippen molar-refractivity contribution in [1.82, 2.24) is 5.32 Å². The molecular formula is C12H22ClNO. The molecule has 1 amide bonds. The molecule has 0 aromatic rings. The Kier molecular flexibility index (Phi) is 5.44. The van der Waals surface area contributed by atoms with Crippen molar-refractivity contribution in [2.24, 2.45) is 11.8 Å². The predicted molar refractivity (Wildman–Crippen MR) is 64.1 cm³/mol. The van der Waals surface area contributed by atoms with E-state index < -0.39 is 0 Å². The monoisotopic (exact) mass is 231 g/mol. The molecule has 0 aromatic carbocycles. The Bertz CT molecular complexity index is 200. The molecule has 1 fully saturated rings. The van der Waals surface area contributed by atoms with Gasteiger partial charge in [0.05, 0.1) is 0 Å². The van der Waals surface area contributed by atoms with E-state index in [9.17, 15) is 4.79 Å². The van der Waals surface area contributed by atoms with Crippen LogP contribution in [0.4, 0.5) is 0 Å². The second-order valence-electron chi connectivity index (χ2n) is 4.93. The molecule has 0 bridgehead atoms. The van der Waals surface area contributed by atoms with Crippen LogP contribution >= 0.6 is 11.6 Å².